The zero-order chi connectivity index (χ0) is 20.2. The molecular weight excluding hydrogens is 372 g/mol. The maximum atomic E-state index is 5.87. The predicted octanol–water partition coefficient (Wildman–Crippen LogP) is 4.68. The average Bonchev–Trinajstić information content (AvgIpc) is 2.83. The number of nitrogens with zero attached hydrogens (tertiary/aromatic N) is 4. The van der Waals surface area contributed by atoms with Gasteiger partial charge in [0.1, 0.15) is 12.4 Å². The molecule has 0 N–H and O–H groups in total. The summed E-state index contributed by atoms with van der Waals surface area (Å²) in [5.41, 5.74) is 6.59. The van der Waals surface area contributed by atoms with Crippen LogP contribution in [0.3, 0.4) is 0 Å². The molecule has 0 aliphatic carbocycles. The Morgan fingerprint density at radius 3 is 2.50 bits per heavy atom. The summed E-state index contributed by atoms with van der Waals surface area (Å²) in [5, 5.41) is 0. The van der Waals surface area contributed by atoms with Crippen LogP contribution in [0.1, 0.15) is 17.0 Å². The number of aromatic nitrogens is 3. The van der Waals surface area contributed by atoms with Crippen molar-refractivity contribution in [3.8, 4) is 17.0 Å². The number of ether oxygens (including phenoxy) is 1. The van der Waals surface area contributed by atoms with Crippen molar-refractivity contribution in [3.63, 3.8) is 0 Å². The number of anilines is 1. The van der Waals surface area contributed by atoms with Crippen molar-refractivity contribution in [1.82, 2.24) is 15.0 Å². The lowest BCUT2D eigenvalue weighted by molar-refractivity contribution is 0.301. The van der Waals surface area contributed by atoms with E-state index in [2.05, 4.69) is 39.1 Å². The lowest BCUT2D eigenvalue weighted by atomic mass is 10.0. The van der Waals surface area contributed by atoms with E-state index >= 15 is 0 Å². The lowest BCUT2D eigenvalue weighted by Crippen LogP contribution is -2.31. The Kier molecular flexibility index (Phi) is 5.08. The zero-order valence-corrected chi connectivity index (χ0v) is 16.6. The molecule has 4 aromatic rings. The van der Waals surface area contributed by atoms with E-state index in [1.165, 1.54) is 5.56 Å². The summed E-state index contributed by atoms with van der Waals surface area (Å²) in [6, 6.07) is 22.3. The van der Waals surface area contributed by atoms with Gasteiger partial charge in [-0.1, -0.05) is 12.1 Å². The Labute approximate surface area is 176 Å². The smallest absolute Gasteiger partial charge is 0.130 e. The first-order chi connectivity index (χ1) is 14.9. The Hall–Kier alpha value is -3.73. The minimum Gasteiger partial charge on any atom is -0.487 e. The fraction of sp³-hybridized carbons (Fsp3) is 0.160. The maximum Gasteiger partial charge on any atom is 0.130 e. The molecule has 1 aliphatic heterocycles. The second kappa shape index (κ2) is 8.33. The Bertz CT molecular complexity index is 1130. The molecule has 5 heteroatoms. The van der Waals surface area contributed by atoms with E-state index in [-0.39, 0.29) is 0 Å². The molecule has 0 unspecified atom stereocenters. The largest absolute Gasteiger partial charge is 0.487 e. The monoisotopic (exact) mass is 394 g/mol. The van der Waals surface area contributed by atoms with Gasteiger partial charge in [-0.2, -0.15) is 0 Å². The third-order valence-electron chi connectivity index (χ3n) is 5.34. The van der Waals surface area contributed by atoms with Crippen molar-refractivity contribution in [2.45, 2.75) is 19.6 Å². The summed E-state index contributed by atoms with van der Waals surface area (Å²) in [6.07, 6.45) is 6.49. The van der Waals surface area contributed by atoms with E-state index in [0.29, 0.717) is 6.61 Å². The second-order valence-electron chi connectivity index (χ2n) is 7.29. The summed E-state index contributed by atoms with van der Waals surface area (Å²) in [6.45, 7) is 2.22. The van der Waals surface area contributed by atoms with Gasteiger partial charge in [0.25, 0.3) is 0 Å². The highest BCUT2D eigenvalue weighted by Crippen LogP contribution is 2.32. The molecule has 1 aliphatic rings. The average molecular weight is 394 g/mol. The van der Waals surface area contributed by atoms with Crippen molar-refractivity contribution in [2.75, 3.05) is 11.4 Å². The first-order valence-corrected chi connectivity index (χ1v) is 10.1. The third-order valence-corrected chi connectivity index (χ3v) is 5.34. The first kappa shape index (κ1) is 18.3. The van der Waals surface area contributed by atoms with Crippen LogP contribution in [0.15, 0.2) is 85.3 Å². The van der Waals surface area contributed by atoms with Crippen molar-refractivity contribution in [2.24, 2.45) is 0 Å². The second-order valence-corrected chi connectivity index (χ2v) is 7.29. The van der Waals surface area contributed by atoms with E-state index < -0.39 is 0 Å². The van der Waals surface area contributed by atoms with Gasteiger partial charge >= 0.3 is 0 Å². The quantitative estimate of drug-likeness (QED) is 0.492. The number of rotatable bonds is 5. The van der Waals surface area contributed by atoms with E-state index in [1.807, 2.05) is 54.9 Å². The van der Waals surface area contributed by atoms with Gasteiger partial charge in [0, 0.05) is 30.7 Å². The van der Waals surface area contributed by atoms with Gasteiger partial charge in [-0.05, 0) is 66.6 Å². The molecule has 3 aromatic heterocycles. The highest BCUT2D eigenvalue weighted by Gasteiger charge is 2.20. The summed E-state index contributed by atoms with van der Waals surface area (Å²) in [4.78, 5) is 15.9. The molecule has 5 nitrogen and oxygen atoms in total. The van der Waals surface area contributed by atoms with E-state index in [4.69, 9.17) is 9.72 Å². The predicted molar refractivity (Wildman–Crippen MR) is 117 cm³/mol. The summed E-state index contributed by atoms with van der Waals surface area (Å²) in [5.74, 6) is 0.818. The van der Waals surface area contributed by atoms with Crippen LogP contribution in [0, 0.1) is 0 Å². The summed E-state index contributed by atoms with van der Waals surface area (Å²) >= 11 is 0. The van der Waals surface area contributed by atoms with Crippen LogP contribution in [0.2, 0.25) is 0 Å². The molecule has 0 radical (unpaired) electrons. The van der Waals surface area contributed by atoms with Gasteiger partial charge in [0.05, 0.1) is 29.3 Å². The Morgan fingerprint density at radius 1 is 0.800 bits per heavy atom. The number of benzene rings is 1. The fourth-order valence-corrected chi connectivity index (χ4v) is 3.79. The summed E-state index contributed by atoms with van der Waals surface area (Å²) < 4.78 is 5.87. The minimum absolute atomic E-state index is 0.454. The van der Waals surface area contributed by atoms with Crippen molar-refractivity contribution in [3.05, 3.63) is 102 Å². The molecule has 0 spiro atoms. The van der Waals surface area contributed by atoms with Crippen LogP contribution < -0.4 is 9.64 Å². The van der Waals surface area contributed by atoms with Gasteiger partial charge in [-0.15, -0.1) is 0 Å². The third kappa shape index (κ3) is 3.87. The van der Waals surface area contributed by atoms with Gasteiger partial charge in [0.2, 0.25) is 0 Å². The Morgan fingerprint density at radius 2 is 1.63 bits per heavy atom. The number of pyridine rings is 3. The van der Waals surface area contributed by atoms with Crippen LogP contribution >= 0.6 is 0 Å². The highest BCUT2D eigenvalue weighted by molar-refractivity contribution is 5.75. The fourth-order valence-electron chi connectivity index (χ4n) is 3.79. The molecule has 0 bridgehead atoms. The van der Waals surface area contributed by atoms with Gasteiger partial charge in [0.15, 0.2) is 0 Å². The van der Waals surface area contributed by atoms with Gasteiger partial charge < -0.3 is 9.64 Å². The molecule has 148 valence electrons. The molecule has 4 heterocycles. The number of hydrogen-bond donors (Lipinski definition) is 0. The number of hydrogen-bond acceptors (Lipinski definition) is 5. The van der Waals surface area contributed by atoms with Gasteiger partial charge in [-0.25, -0.2) is 0 Å². The molecule has 0 saturated carbocycles. The molecule has 0 amide bonds. The topological polar surface area (TPSA) is 51.1 Å². The van der Waals surface area contributed by atoms with E-state index in [1.54, 1.807) is 6.20 Å². The molecule has 30 heavy (non-hydrogen) atoms. The van der Waals surface area contributed by atoms with Crippen LogP contribution in [-0.2, 0) is 19.6 Å². The zero-order valence-electron chi connectivity index (χ0n) is 16.6. The molecule has 5 rings (SSSR count). The van der Waals surface area contributed by atoms with Gasteiger partial charge in [-0.3, -0.25) is 15.0 Å². The van der Waals surface area contributed by atoms with Crippen LogP contribution in [0.25, 0.3) is 11.3 Å². The first-order valence-electron chi connectivity index (χ1n) is 10.1. The van der Waals surface area contributed by atoms with E-state index in [0.717, 1.165) is 53.6 Å². The summed E-state index contributed by atoms with van der Waals surface area (Å²) in [7, 11) is 0. The van der Waals surface area contributed by atoms with Crippen molar-refractivity contribution < 1.29 is 4.74 Å². The maximum absolute atomic E-state index is 5.87. The normalized spacial score (nSPS) is 13.0. The van der Waals surface area contributed by atoms with Crippen LogP contribution in [-0.4, -0.2) is 21.5 Å². The van der Waals surface area contributed by atoms with E-state index in [9.17, 15) is 0 Å². The SMILES string of the molecule is c1ccc(COc2ccc(-c3ncccc3N3CCc4cccnc4C3)cc2)nc1. The molecular formula is C25H22N4O. The standard InChI is InChI=1S/C25H22N4O/c1-2-13-26-21(6-1)18-30-22-10-8-20(9-11-22)25-24(7-4-15-28-25)29-16-12-19-5-3-14-27-23(19)17-29/h1-11,13-15H,12,16-18H2. The van der Waals surface area contributed by atoms with Crippen LogP contribution in [0.5, 0.6) is 5.75 Å². The molecule has 0 fully saturated rings. The van der Waals surface area contributed by atoms with Crippen LogP contribution in [0.4, 0.5) is 5.69 Å². The minimum atomic E-state index is 0.454. The molecule has 1 aromatic carbocycles. The molecule has 0 atom stereocenters. The number of fused-ring (bicyclic) bond motifs is 1. The highest BCUT2D eigenvalue weighted by atomic mass is 16.5. The van der Waals surface area contributed by atoms with Crippen molar-refractivity contribution in [1.29, 1.82) is 0 Å². The lowest BCUT2D eigenvalue weighted by Gasteiger charge is -2.31. The molecule has 0 saturated heterocycles. The Balaban J connectivity index is 1.35. The van der Waals surface area contributed by atoms with Crippen molar-refractivity contribution >= 4 is 5.69 Å².